The first-order valence-corrected chi connectivity index (χ1v) is 5.35. The molecule has 0 saturated carbocycles. The quantitative estimate of drug-likeness (QED) is 0.794. The van der Waals surface area contributed by atoms with Gasteiger partial charge in [0.05, 0.1) is 0 Å². The summed E-state index contributed by atoms with van der Waals surface area (Å²) in [5.41, 5.74) is 8.28. The minimum atomic E-state index is -0.206. The lowest BCUT2D eigenvalue weighted by Crippen LogP contribution is -2.21. The Balaban J connectivity index is 3.24. The molecule has 2 N–H and O–H groups in total. The van der Waals surface area contributed by atoms with Gasteiger partial charge in [0.1, 0.15) is 5.82 Å². The fourth-order valence-electron chi connectivity index (χ4n) is 1.67. The summed E-state index contributed by atoms with van der Waals surface area (Å²) in [5, 5.41) is 0. The van der Waals surface area contributed by atoms with Gasteiger partial charge in [0.25, 0.3) is 0 Å². The lowest BCUT2D eigenvalue weighted by Gasteiger charge is -2.23. The van der Waals surface area contributed by atoms with Crippen molar-refractivity contribution in [2.75, 3.05) is 18.5 Å². The monoisotopic (exact) mass is 222 g/mol. The molecule has 0 amide bonds. The maximum atomic E-state index is 13.5. The van der Waals surface area contributed by atoms with E-state index in [1.807, 2.05) is 31.0 Å². The molecule has 0 bridgehead atoms. The molecular weight excluding hydrogens is 203 g/mol. The normalized spacial score (nSPS) is 12.3. The number of hydrogen-bond acceptors (Lipinski definition) is 2. The molecule has 16 heavy (non-hydrogen) atoms. The van der Waals surface area contributed by atoms with E-state index < -0.39 is 0 Å². The standard InChI is InChI=1S/C13H19FN2/c1-5-6-16(4)13-7-9(2)12(14)8-11(13)10(3)15/h5,7-8,10H,1,6,15H2,2-4H3. The molecule has 1 unspecified atom stereocenters. The second-order valence-corrected chi connectivity index (χ2v) is 4.12. The lowest BCUT2D eigenvalue weighted by molar-refractivity contribution is 0.613. The zero-order chi connectivity index (χ0) is 12.3. The Kier molecular flexibility index (Phi) is 4.07. The third kappa shape index (κ3) is 2.61. The van der Waals surface area contributed by atoms with Crippen molar-refractivity contribution in [2.45, 2.75) is 19.9 Å². The Labute approximate surface area is 96.6 Å². The van der Waals surface area contributed by atoms with Gasteiger partial charge in [-0.2, -0.15) is 0 Å². The van der Waals surface area contributed by atoms with Gasteiger partial charge in [0.2, 0.25) is 0 Å². The first-order chi connectivity index (χ1) is 7.47. The summed E-state index contributed by atoms with van der Waals surface area (Å²) in [4.78, 5) is 2.01. The average Bonchev–Trinajstić information content (AvgIpc) is 2.21. The third-order valence-corrected chi connectivity index (χ3v) is 2.61. The second-order valence-electron chi connectivity index (χ2n) is 4.12. The number of benzene rings is 1. The molecule has 1 rings (SSSR count). The SMILES string of the molecule is C=CCN(C)c1cc(C)c(F)cc1C(C)N. The highest BCUT2D eigenvalue weighted by Crippen LogP contribution is 2.27. The van der Waals surface area contributed by atoms with E-state index in [1.54, 1.807) is 6.92 Å². The Morgan fingerprint density at radius 2 is 2.19 bits per heavy atom. The maximum Gasteiger partial charge on any atom is 0.126 e. The summed E-state index contributed by atoms with van der Waals surface area (Å²) in [7, 11) is 1.94. The molecule has 0 aliphatic carbocycles. The minimum Gasteiger partial charge on any atom is -0.371 e. The molecule has 3 heteroatoms. The Morgan fingerprint density at radius 3 is 2.69 bits per heavy atom. The molecule has 1 aromatic carbocycles. The fourth-order valence-corrected chi connectivity index (χ4v) is 1.67. The van der Waals surface area contributed by atoms with E-state index in [-0.39, 0.29) is 11.9 Å². The van der Waals surface area contributed by atoms with Crippen molar-refractivity contribution in [2.24, 2.45) is 5.73 Å². The van der Waals surface area contributed by atoms with Gasteiger partial charge in [-0.25, -0.2) is 4.39 Å². The zero-order valence-electron chi connectivity index (χ0n) is 10.1. The van der Waals surface area contributed by atoms with Gasteiger partial charge in [-0.3, -0.25) is 0 Å². The van der Waals surface area contributed by atoms with Crippen LogP contribution in [-0.4, -0.2) is 13.6 Å². The van der Waals surface area contributed by atoms with Crippen LogP contribution in [0.2, 0.25) is 0 Å². The van der Waals surface area contributed by atoms with Crippen LogP contribution in [0, 0.1) is 12.7 Å². The van der Waals surface area contributed by atoms with Crippen LogP contribution < -0.4 is 10.6 Å². The smallest absolute Gasteiger partial charge is 0.126 e. The molecule has 0 spiro atoms. The van der Waals surface area contributed by atoms with E-state index in [9.17, 15) is 4.39 Å². The number of halogens is 1. The minimum absolute atomic E-state index is 0.183. The molecule has 88 valence electrons. The van der Waals surface area contributed by atoms with Crippen LogP contribution in [0.4, 0.5) is 10.1 Å². The first kappa shape index (κ1) is 12.7. The number of nitrogens with zero attached hydrogens (tertiary/aromatic N) is 1. The molecular formula is C13H19FN2. The van der Waals surface area contributed by atoms with E-state index in [1.165, 1.54) is 6.07 Å². The number of aryl methyl sites for hydroxylation is 1. The molecule has 0 aliphatic heterocycles. The van der Waals surface area contributed by atoms with Gasteiger partial charge in [-0.05, 0) is 37.1 Å². The molecule has 0 saturated heterocycles. The fraction of sp³-hybridized carbons (Fsp3) is 0.385. The van der Waals surface area contributed by atoms with Crippen molar-refractivity contribution in [3.8, 4) is 0 Å². The van der Waals surface area contributed by atoms with Crippen LogP contribution >= 0.6 is 0 Å². The van der Waals surface area contributed by atoms with Crippen LogP contribution in [-0.2, 0) is 0 Å². The predicted octanol–water partition coefficient (Wildman–Crippen LogP) is 2.78. The van der Waals surface area contributed by atoms with E-state index in [2.05, 4.69) is 6.58 Å². The third-order valence-electron chi connectivity index (χ3n) is 2.61. The van der Waals surface area contributed by atoms with Gasteiger partial charge in [-0.1, -0.05) is 6.08 Å². The van der Waals surface area contributed by atoms with Gasteiger partial charge < -0.3 is 10.6 Å². The van der Waals surface area contributed by atoms with Crippen molar-refractivity contribution in [3.05, 3.63) is 41.7 Å². The number of rotatable bonds is 4. The van der Waals surface area contributed by atoms with Crippen molar-refractivity contribution < 1.29 is 4.39 Å². The Bertz CT molecular complexity index is 386. The van der Waals surface area contributed by atoms with E-state index in [0.717, 1.165) is 11.3 Å². The molecule has 0 aromatic heterocycles. The molecule has 0 radical (unpaired) electrons. The van der Waals surface area contributed by atoms with Crippen molar-refractivity contribution in [1.82, 2.24) is 0 Å². The Hall–Kier alpha value is -1.35. The second kappa shape index (κ2) is 5.12. The van der Waals surface area contributed by atoms with Crippen LogP contribution in [0.15, 0.2) is 24.8 Å². The molecule has 1 atom stereocenters. The van der Waals surface area contributed by atoms with Crippen molar-refractivity contribution in [1.29, 1.82) is 0 Å². The van der Waals surface area contributed by atoms with Crippen LogP contribution in [0.3, 0.4) is 0 Å². The lowest BCUT2D eigenvalue weighted by atomic mass is 10.0. The van der Waals surface area contributed by atoms with Crippen molar-refractivity contribution >= 4 is 5.69 Å². The van der Waals surface area contributed by atoms with Crippen molar-refractivity contribution in [3.63, 3.8) is 0 Å². The average molecular weight is 222 g/mol. The summed E-state index contributed by atoms with van der Waals surface area (Å²) < 4.78 is 13.5. The van der Waals surface area contributed by atoms with E-state index in [4.69, 9.17) is 5.73 Å². The van der Waals surface area contributed by atoms with Gasteiger partial charge >= 0.3 is 0 Å². The Morgan fingerprint density at radius 1 is 1.56 bits per heavy atom. The predicted molar refractivity (Wildman–Crippen MR) is 67.2 cm³/mol. The summed E-state index contributed by atoms with van der Waals surface area (Å²) in [6, 6.07) is 3.17. The highest BCUT2D eigenvalue weighted by atomic mass is 19.1. The topological polar surface area (TPSA) is 29.3 Å². The number of nitrogens with two attached hydrogens (primary N) is 1. The molecule has 2 nitrogen and oxygen atoms in total. The molecule has 0 fully saturated rings. The van der Waals surface area contributed by atoms with E-state index >= 15 is 0 Å². The first-order valence-electron chi connectivity index (χ1n) is 5.35. The molecule has 0 heterocycles. The van der Waals surface area contributed by atoms with Crippen LogP contribution in [0.25, 0.3) is 0 Å². The van der Waals surface area contributed by atoms with Crippen LogP contribution in [0.5, 0.6) is 0 Å². The maximum absolute atomic E-state index is 13.5. The largest absolute Gasteiger partial charge is 0.371 e. The number of likely N-dealkylation sites (N-methyl/N-ethyl adjacent to an activating group) is 1. The summed E-state index contributed by atoms with van der Waals surface area (Å²) >= 11 is 0. The summed E-state index contributed by atoms with van der Waals surface area (Å²) in [6.45, 7) is 8.02. The van der Waals surface area contributed by atoms with Crippen LogP contribution in [0.1, 0.15) is 24.1 Å². The highest BCUT2D eigenvalue weighted by molar-refractivity contribution is 5.56. The van der Waals surface area contributed by atoms with E-state index in [0.29, 0.717) is 12.1 Å². The highest BCUT2D eigenvalue weighted by Gasteiger charge is 2.13. The van der Waals surface area contributed by atoms with Gasteiger partial charge in [-0.15, -0.1) is 6.58 Å². The van der Waals surface area contributed by atoms with Gasteiger partial charge in [0.15, 0.2) is 0 Å². The zero-order valence-corrected chi connectivity index (χ0v) is 10.1. The summed E-state index contributed by atoms with van der Waals surface area (Å²) in [6.07, 6.45) is 1.81. The number of hydrogen-bond donors (Lipinski definition) is 1. The molecule has 0 aliphatic rings. The van der Waals surface area contributed by atoms with Gasteiger partial charge in [0, 0.05) is 25.3 Å². The molecule has 1 aromatic rings. The summed E-state index contributed by atoms with van der Waals surface area (Å²) in [5.74, 6) is -0.206. The number of anilines is 1.